The number of ketones is 1. The molecular weight excluding hydrogens is 200 g/mol. The molecule has 80 valence electrons. The maximum absolute atomic E-state index is 11.5. The van der Waals surface area contributed by atoms with Crippen molar-refractivity contribution in [2.24, 2.45) is 0 Å². The average Bonchev–Trinajstić information content (AvgIpc) is 2.12. The molecular formula is C10H10O5. The van der Waals surface area contributed by atoms with Gasteiger partial charge in [-0.25, -0.2) is 0 Å². The Kier molecular flexibility index (Phi) is 2.13. The Morgan fingerprint density at radius 2 is 1.87 bits per heavy atom. The lowest BCUT2D eigenvalue weighted by atomic mass is 9.86. The third kappa shape index (κ3) is 1.45. The number of carbonyl (C=O) groups excluding carboxylic acids is 1. The Morgan fingerprint density at radius 3 is 2.53 bits per heavy atom. The number of fused-ring (bicyclic) bond motifs is 1. The topological polar surface area (TPSA) is 98.0 Å². The highest BCUT2D eigenvalue weighted by atomic mass is 16.3. The highest BCUT2D eigenvalue weighted by molar-refractivity contribution is 6.01. The van der Waals surface area contributed by atoms with E-state index in [1.54, 1.807) is 0 Å². The van der Waals surface area contributed by atoms with Crippen molar-refractivity contribution < 1.29 is 25.2 Å². The minimum Gasteiger partial charge on any atom is -0.508 e. The van der Waals surface area contributed by atoms with Gasteiger partial charge in [0.2, 0.25) is 0 Å². The molecule has 15 heavy (non-hydrogen) atoms. The maximum Gasteiger partial charge on any atom is 0.169 e. The number of aliphatic hydroxyl groups excluding tert-OH is 2. The minimum atomic E-state index is -1.25. The average molecular weight is 210 g/mol. The number of aliphatic hydroxyl groups is 2. The number of hydrogen-bond acceptors (Lipinski definition) is 5. The summed E-state index contributed by atoms with van der Waals surface area (Å²) in [7, 11) is 0. The van der Waals surface area contributed by atoms with E-state index in [0.717, 1.165) is 6.07 Å². The predicted molar refractivity (Wildman–Crippen MR) is 49.7 cm³/mol. The van der Waals surface area contributed by atoms with Crippen molar-refractivity contribution in [3.63, 3.8) is 0 Å². The molecule has 0 aromatic heterocycles. The van der Waals surface area contributed by atoms with Gasteiger partial charge in [-0.3, -0.25) is 4.79 Å². The number of phenols is 2. The van der Waals surface area contributed by atoms with E-state index in [1.165, 1.54) is 6.07 Å². The van der Waals surface area contributed by atoms with E-state index in [-0.39, 0.29) is 29.0 Å². The van der Waals surface area contributed by atoms with Gasteiger partial charge in [0, 0.05) is 18.1 Å². The molecule has 1 aliphatic carbocycles. The number of phenolic OH excluding ortho intramolecular Hbond substituents is 2. The van der Waals surface area contributed by atoms with Crippen LogP contribution < -0.4 is 0 Å². The van der Waals surface area contributed by atoms with E-state index < -0.39 is 18.0 Å². The smallest absolute Gasteiger partial charge is 0.169 e. The van der Waals surface area contributed by atoms with Gasteiger partial charge in [0.1, 0.15) is 17.6 Å². The number of rotatable bonds is 0. The lowest BCUT2D eigenvalue weighted by Crippen LogP contribution is -2.29. The SMILES string of the molecule is O=C1CC(O)C(O)c2cc(O)cc(O)c21. The molecule has 0 radical (unpaired) electrons. The van der Waals surface area contributed by atoms with E-state index >= 15 is 0 Å². The van der Waals surface area contributed by atoms with E-state index in [1.807, 2.05) is 0 Å². The molecule has 0 saturated carbocycles. The monoisotopic (exact) mass is 210 g/mol. The van der Waals surface area contributed by atoms with Crippen LogP contribution in [0.1, 0.15) is 28.4 Å². The van der Waals surface area contributed by atoms with Crippen molar-refractivity contribution in [3.05, 3.63) is 23.3 Å². The Morgan fingerprint density at radius 1 is 1.20 bits per heavy atom. The van der Waals surface area contributed by atoms with Crippen LogP contribution in [0.3, 0.4) is 0 Å². The van der Waals surface area contributed by atoms with Crippen molar-refractivity contribution in [1.82, 2.24) is 0 Å². The van der Waals surface area contributed by atoms with Gasteiger partial charge in [0.25, 0.3) is 0 Å². The molecule has 0 saturated heterocycles. The number of Topliss-reactive ketones (excluding diaryl/α,β-unsaturated/α-hetero) is 1. The quantitative estimate of drug-likeness (QED) is 0.486. The van der Waals surface area contributed by atoms with Crippen LogP contribution in [0, 0.1) is 0 Å². The van der Waals surface area contributed by atoms with Gasteiger partial charge in [-0.05, 0) is 6.07 Å². The lowest BCUT2D eigenvalue weighted by Gasteiger charge is -2.25. The van der Waals surface area contributed by atoms with E-state index in [2.05, 4.69) is 0 Å². The molecule has 5 nitrogen and oxygen atoms in total. The summed E-state index contributed by atoms with van der Waals surface area (Å²) in [4.78, 5) is 11.5. The highest BCUT2D eigenvalue weighted by Gasteiger charge is 2.33. The van der Waals surface area contributed by atoms with Crippen LogP contribution in [0.4, 0.5) is 0 Å². The Labute approximate surface area is 85.2 Å². The Bertz CT molecular complexity index is 426. The second-order valence-electron chi connectivity index (χ2n) is 3.57. The first-order valence-corrected chi connectivity index (χ1v) is 4.46. The minimum absolute atomic E-state index is 0.0226. The third-order valence-electron chi connectivity index (χ3n) is 2.49. The van der Waals surface area contributed by atoms with Crippen LogP contribution in [0.5, 0.6) is 11.5 Å². The normalized spacial score (nSPS) is 25.1. The molecule has 0 aliphatic heterocycles. The molecule has 1 aromatic carbocycles. The first-order valence-electron chi connectivity index (χ1n) is 4.46. The number of benzene rings is 1. The summed E-state index contributed by atoms with van der Waals surface area (Å²) in [6.45, 7) is 0. The van der Waals surface area contributed by atoms with Crippen molar-refractivity contribution in [2.75, 3.05) is 0 Å². The van der Waals surface area contributed by atoms with Crippen LogP contribution in [-0.4, -0.2) is 32.3 Å². The summed E-state index contributed by atoms with van der Waals surface area (Å²) >= 11 is 0. The second-order valence-corrected chi connectivity index (χ2v) is 3.57. The van der Waals surface area contributed by atoms with Crippen molar-refractivity contribution in [2.45, 2.75) is 18.6 Å². The van der Waals surface area contributed by atoms with Crippen LogP contribution in [0.25, 0.3) is 0 Å². The summed E-state index contributed by atoms with van der Waals surface area (Å²) in [5, 5.41) is 37.5. The van der Waals surface area contributed by atoms with Crippen LogP contribution in [0.15, 0.2) is 12.1 Å². The maximum atomic E-state index is 11.5. The van der Waals surface area contributed by atoms with Gasteiger partial charge >= 0.3 is 0 Å². The molecule has 1 aliphatic rings. The van der Waals surface area contributed by atoms with E-state index in [4.69, 9.17) is 0 Å². The van der Waals surface area contributed by atoms with Gasteiger partial charge < -0.3 is 20.4 Å². The molecule has 5 heteroatoms. The lowest BCUT2D eigenvalue weighted by molar-refractivity contribution is 0.00834. The predicted octanol–water partition coefficient (Wildman–Crippen LogP) is 0.0785. The van der Waals surface area contributed by atoms with Crippen molar-refractivity contribution in [3.8, 4) is 11.5 Å². The van der Waals surface area contributed by atoms with Crippen molar-refractivity contribution >= 4 is 5.78 Å². The number of aromatic hydroxyl groups is 2. The standard InChI is InChI=1S/C10H10O5/c11-4-1-5-9(6(12)2-4)7(13)3-8(14)10(5)15/h1-2,8,10-12,14-15H,3H2. The molecule has 0 bridgehead atoms. The van der Waals surface area contributed by atoms with Gasteiger partial charge in [-0.15, -0.1) is 0 Å². The zero-order valence-electron chi connectivity index (χ0n) is 7.71. The van der Waals surface area contributed by atoms with Gasteiger partial charge in [-0.2, -0.15) is 0 Å². The molecule has 0 spiro atoms. The summed E-state index contributed by atoms with van der Waals surface area (Å²) < 4.78 is 0. The summed E-state index contributed by atoms with van der Waals surface area (Å²) in [5.74, 6) is -1.08. The fourth-order valence-corrected chi connectivity index (χ4v) is 1.78. The molecule has 2 rings (SSSR count). The van der Waals surface area contributed by atoms with Gasteiger partial charge in [0.15, 0.2) is 5.78 Å². The fraction of sp³-hybridized carbons (Fsp3) is 0.300. The first-order chi connectivity index (χ1) is 7.00. The molecule has 2 atom stereocenters. The third-order valence-corrected chi connectivity index (χ3v) is 2.49. The molecule has 0 fully saturated rings. The molecule has 0 heterocycles. The molecule has 0 amide bonds. The van der Waals surface area contributed by atoms with Gasteiger partial charge in [0.05, 0.1) is 11.7 Å². The molecule has 4 N–H and O–H groups in total. The zero-order chi connectivity index (χ0) is 11.2. The van der Waals surface area contributed by atoms with E-state index in [0.29, 0.717) is 0 Å². The summed E-state index contributed by atoms with van der Waals surface area (Å²) in [6.07, 6.45) is -2.67. The van der Waals surface area contributed by atoms with Crippen LogP contribution in [-0.2, 0) is 0 Å². The van der Waals surface area contributed by atoms with Gasteiger partial charge in [-0.1, -0.05) is 0 Å². The number of carbonyl (C=O) groups is 1. The largest absolute Gasteiger partial charge is 0.508 e. The molecule has 1 aromatic rings. The number of hydrogen-bond donors (Lipinski definition) is 4. The van der Waals surface area contributed by atoms with Crippen LogP contribution >= 0.6 is 0 Å². The zero-order valence-corrected chi connectivity index (χ0v) is 7.71. The fourth-order valence-electron chi connectivity index (χ4n) is 1.78. The van der Waals surface area contributed by atoms with Crippen LogP contribution in [0.2, 0.25) is 0 Å². The summed E-state index contributed by atoms with van der Waals surface area (Å²) in [6, 6.07) is 2.20. The summed E-state index contributed by atoms with van der Waals surface area (Å²) in [5.41, 5.74) is 0.0434. The Balaban J connectivity index is 2.65. The Hall–Kier alpha value is -1.59. The highest BCUT2D eigenvalue weighted by Crippen LogP contribution is 2.37. The molecule has 2 unspecified atom stereocenters. The van der Waals surface area contributed by atoms with E-state index in [9.17, 15) is 25.2 Å². The first kappa shape index (κ1) is 9.95. The second kappa shape index (κ2) is 3.22. The van der Waals surface area contributed by atoms with Crippen molar-refractivity contribution in [1.29, 1.82) is 0 Å².